The fourth-order valence-corrected chi connectivity index (χ4v) is 21.7. The second-order valence-electron chi connectivity index (χ2n) is 10.6. The molecule has 2 aromatic carbocycles. The Hall–Kier alpha value is -1.58. The van der Waals surface area contributed by atoms with Gasteiger partial charge >= 0.3 is 17.6 Å². The van der Waals surface area contributed by atoms with Crippen LogP contribution in [0, 0.1) is 0 Å². The molecule has 0 aliphatic heterocycles. The van der Waals surface area contributed by atoms with Crippen LogP contribution in [0.3, 0.4) is 0 Å². The van der Waals surface area contributed by atoms with Gasteiger partial charge in [0, 0.05) is 42.7 Å². The van der Waals surface area contributed by atoms with Crippen LogP contribution in [-0.2, 0) is 36.6 Å². The molecule has 4 aromatic rings. The van der Waals surface area contributed by atoms with Gasteiger partial charge in [-0.3, -0.25) is 0 Å². The summed E-state index contributed by atoms with van der Waals surface area (Å²) in [6.07, 6.45) is 16.9. The number of fused-ring (bicyclic) bond motifs is 2. The van der Waals surface area contributed by atoms with Crippen molar-refractivity contribution in [3.63, 3.8) is 0 Å². The molecule has 0 bridgehead atoms. The van der Waals surface area contributed by atoms with E-state index in [1.165, 1.54) is 0 Å². The average Bonchev–Trinajstić information content (AvgIpc) is 3.77. The van der Waals surface area contributed by atoms with Crippen molar-refractivity contribution < 1.29 is 26.6 Å². The Morgan fingerprint density at radius 3 is 1.32 bits per heavy atom. The molecule has 0 radical (unpaired) electrons. The topological polar surface area (TPSA) is 81.2 Å². The number of aromatic nitrogens is 2. The van der Waals surface area contributed by atoms with E-state index >= 15 is 0 Å². The minimum absolute atomic E-state index is 0.133. The molecule has 47 heavy (non-hydrogen) atoms. The van der Waals surface area contributed by atoms with Crippen LogP contribution in [0.25, 0.3) is 20.4 Å². The van der Waals surface area contributed by atoms with E-state index in [1.807, 2.05) is 48.6 Å². The Bertz CT molecular complexity index is 1610. The Kier molecular flexibility index (Phi) is 11.0. The van der Waals surface area contributed by atoms with Crippen molar-refractivity contribution >= 4 is 92.1 Å². The number of hydrogen-bond donors (Lipinski definition) is 0. The molecule has 8 nitrogen and oxygen atoms in total. The van der Waals surface area contributed by atoms with Gasteiger partial charge < -0.3 is 26.6 Å². The molecule has 0 N–H and O–H groups in total. The first kappa shape index (κ1) is 35.3. The molecular weight excluding hydrogens is 725 g/mol. The maximum Gasteiger partial charge on any atom is 0.519 e. The Morgan fingerprint density at radius 1 is 0.574 bits per heavy atom. The van der Waals surface area contributed by atoms with Crippen molar-refractivity contribution in [1.82, 2.24) is 9.97 Å². The lowest BCUT2D eigenvalue weighted by molar-refractivity contribution is 0.0999. The van der Waals surface area contributed by atoms with Crippen molar-refractivity contribution in [1.29, 1.82) is 0 Å². The summed E-state index contributed by atoms with van der Waals surface area (Å²) in [6.45, 7) is 0. The van der Waals surface area contributed by atoms with Crippen molar-refractivity contribution in [2.75, 3.05) is 42.7 Å². The minimum Gasteiger partial charge on any atom is -0.376 e. The van der Waals surface area contributed by atoms with Gasteiger partial charge in [-0.15, -0.1) is 22.7 Å². The molecular formula is C32H36N2O6S5Si2. The largest absolute Gasteiger partial charge is 0.519 e. The van der Waals surface area contributed by atoms with Gasteiger partial charge in [-0.05, 0) is 34.1 Å². The van der Waals surface area contributed by atoms with Gasteiger partial charge in [0.25, 0.3) is 0 Å². The van der Waals surface area contributed by atoms with Gasteiger partial charge in [-0.25, -0.2) is 9.97 Å². The lowest BCUT2D eigenvalue weighted by Crippen LogP contribution is -2.65. The van der Waals surface area contributed by atoms with E-state index in [0.717, 1.165) is 30.4 Å². The number of benzene rings is 2. The number of hydrogen-bond acceptors (Lipinski definition) is 13. The van der Waals surface area contributed by atoms with Crippen molar-refractivity contribution in [3.05, 3.63) is 107 Å². The van der Waals surface area contributed by atoms with Crippen LogP contribution in [0.4, 0.5) is 0 Å². The first-order chi connectivity index (χ1) is 22.9. The minimum atomic E-state index is -3.39. The Morgan fingerprint density at radius 2 is 0.957 bits per heavy atom. The predicted molar refractivity (Wildman–Crippen MR) is 203 cm³/mol. The maximum atomic E-state index is 6.24. The molecule has 2 aliphatic rings. The first-order valence-electron chi connectivity index (χ1n) is 14.7. The van der Waals surface area contributed by atoms with E-state index in [2.05, 4.69) is 48.6 Å². The zero-order valence-electron chi connectivity index (χ0n) is 26.8. The van der Waals surface area contributed by atoms with Crippen LogP contribution in [0.15, 0.2) is 97.1 Å². The van der Waals surface area contributed by atoms with Crippen LogP contribution in [-0.4, -0.2) is 80.7 Å². The summed E-state index contributed by atoms with van der Waals surface area (Å²) in [5.41, 5.74) is 1.87. The summed E-state index contributed by atoms with van der Waals surface area (Å²) in [7, 11) is 8.38. The van der Waals surface area contributed by atoms with E-state index in [1.54, 1.807) is 96.7 Å². The number of nitrogens with zero attached hydrogens (tertiary/aromatic N) is 2. The smallest absolute Gasteiger partial charge is 0.376 e. The van der Waals surface area contributed by atoms with Crippen molar-refractivity contribution in [3.8, 4) is 0 Å². The number of rotatable bonds is 14. The third-order valence-electron chi connectivity index (χ3n) is 8.62. The van der Waals surface area contributed by atoms with E-state index in [9.17, 15) is 0 Å². The zero-order valence-corrected chi connectivity index (χ0v) is 32.9. The lowest BCUT2D eigenvalue weighted by Gasteiger charge is -2.45. The quantitative estimate of drug-likeness (QED) is 0.0929. The normalized spacial score (nSPS) is 24.6. The molecule has 0 spiro atoms. The molecule has 2 heterocycles. The highest BCUT2D eigenvalue weighted by Gasteiger charge is 2.67. The van der Waals surface area contributed by atoms with Gasteiger partial charge in [0.2, 0.25) is 0 Å². The molecule has 4 atom stereocenters. The van der Waals surface area contributed by atoms with Crippen LogP contribution in [0.2, 0.25) is 0 Å². The van der Waals surface area contributed by atoms with Crippen LogP contribution >= 0.6 is 54.1 Å². The van der Waals surface area contributed by atoms with Crippen LogP contribution in [0.1, 0.15) is 10.0 Å². The van der Waals surface area contributed by atoms with Gasteiger partial charge in [0.15, 0.2) is 0 Å². The highest BCUT2D eigenvalue weighted by Crippen LogP contribution is 2.58. The number of para-hydroxylation sites is 2. The monoisotopic (exact) mass is 760 g/mol. The first-order valence-corrected chi connectivity index (χ1v) is 23.4. The molecule has 2 aliphatic carbocycles. The summed E-state index contributed by atoms with van der Waals surface area (Å²) in [4.78, 5) is 10.3. The fourth-order valence-electron chi connectivity index (χ4n) is 6.37. The lowest BCUT2D eigenvalue weighted by atomic mass is 9.99. The van der Waals surface area contributed by atoms with Gasteiger partial charge in [-0.2, -0.15) is 0 Å². The van der Waals surface area contributed by atoms with E-state index in [4.69, 9.17) is 36.5 Å². The predicted octanol–water partition coefficient (Wildman–Crippen LogP) is 7.94. The second-order valence-corrected chi connectivity index (χ2v) is 23.4. The summed E-state index contributed by atoms with van der Waals surface area (Å²) >= 11 is 3.30. The molecule has 2 aromatic heterocycles. The number of thiazole rings is 2. The summed E-state index contributed by atoms with van der Waals surface area (Å²) in [5.74, 6) is 0. The molecule has 0 fully saturated rings. The molecule has 248 valence electrons. The van der Waals surface area contributed by atoms with Crippen LogP contribution in [0.5, 0.6) is 0 Å². The second kappa shape index (κ2) is 14.7. The Balaban J connectivity index is 1.39. The van der Waals surface area contributed by atoms with E-state index in [0.29, 0.717) is 0 Å². The van der Waals surface area contributed by atoms with Gasteiger partial charge in [-0.1, -0.05) is 94.5 Å². The van der Waals surface area contributed by atoms with E-state index in [-0.39, 0.29) is 10.5 Å². The van der Waals surface area contributed by atoms with Gasteiger partial charge in [0.05, 0.1) is 30.9 Å². The van der Waals surface area contributed by atoms with E-state index < -0.39 is 27.7 Å². The van der Waals surface area contributed by atoms with Crippen molar-refractivity contribution in [2.24, 2.45) is 0 Å². The van der Waals surface area contributed by atoms with Crippen molar-refractivity contribution in [2.45, 2.75) is 20.6 Å². The summed E-state index contributed by atoms with van der Waals surface area (Å²) in [6, 6.07) is 16.4. The molecule has 0 saturated carbocycles. The SMILES string of the molecule is CO[Si](OC)(OC)C1(c2nc3ccccc3s2)C=CC=CC1SSSC1C=CC=CC1(c1nc2ccccc2s1)[Si](OC)(OC)OC. The van der Waals surface area contributed by atoms with Crippen LogP contribution < -0.4 is 0 Å². The molecule has 15 heteroatoms. The third kappa shape index (κ3) is 5.70. The van der Waals surface area contributed by atoms with Gasteiger partial charge in [0.1, 0.15) is 20.1 Å². The number of allylic oxidation sites excluding steroid dienone is 6. The zero-order chi connectivity index (χ0) is 33.1. The summed E-state index contributed by atoms with van der Waals surface area (Å²) in [5, 5.41) is -0.0312. The molecule has 0 amide bonds. The molecule has 6 rings (SSSR count). The highest BCUT2D eigenvalue weighted by atomic mass is 33.5. The fraction of sp³-hybridized carbons (Fsp3) is 0.312. The molecule has 0 saturated heterocycles. The maximum absolute atomic E-state index is 6.24. The molecule has 4 unspecified atom stereocenters. The third-order valence-corrected chi connectivity index (χ3v) is 23.2. The highest BCUT2D eigenvalue weighted by molar-refractivity contribution is 9.09. The standard InChI is InChI=1S/C32H36N2O6S5Si2/c1-35-46(36-2,37-3)31(29-33-23-15-7-9-17-25(23)41-29)21-13-11-19-27(31)43-45-44-28-20-12-14-22-32(28,47(38-4,39-5)40-6)30-34-24-16-8-10-18-26(24)42-30/h7-22,27-28H,1-6H3. The average molecular weight is 761 g/mol. The Labute approximate surface area is 297 Å². The summed E-state index contributed by atoms with van der Waals surface area (Å²) < 4.78 is 39.6.